The van der Waals surface area contributed by atoms with Gasteiger partial charge >= 0.3 is 5.97 Å². The van der Waals surface area contributed by atoms with Crippen LogP contribution in [0.5, 0.6) is 0 Å². The zero-order chi connectivity index (χ0) is 15.3. The Bertz CT molecular complexity index is 391. The number of rotatable bonds is 13. The van der Waals surface area contributed by atoms with Crippen LogP contribution >= 0.6 is 0 Å². The van der Waals surface area contributed by atoms with Gasteiger partial charge in [-0.15, -0.1) is 0 Å². The summed E-state index contributed by atoms with van der Waals surface area (Å²) in [5, 5.41) is 8.59. The Labute approximate surface area is 128 Å². The number of ether oxygens (including phenoxy) is 1. The lowest BCUT2D eigenvalue weighted by molar-refractivity contribution is -0.133. The lowest BCUT2D eigenvalue weighted by Crippen LogP contribution is -1.88. The van der Waals surface area contributed by atoms with E-state index in [1.165, 1.54) is 57.8 Å². The van der Waals surface area contributed by atoms with Crippen molar-refractivity contribution in [1.82, 2.24) is 0 Å². The Morgan fingerprint density at radius 2 is 1.62 bits per heavy atom. The maximum Gasteiger partial charge on any atom is 0.375 e. The fraction of sp³-hybridized carbons (Fsp3) is 0.611. The molecule has 1 aliphatic rings. The summed E-state index contributed by atoms with van der Waals surface area (Å²) in [6.07, 6.45) is 20.8. The van der Waals surface area contributed by atoms with Gasteiger partial charge in [0.05, 0.1) is 0 Å². The number of aliphatic carboxylic acids is 1. The van der Waals surface area contributed by atoms with E-state index in [9.17, 15) is 4.79 Å². The van der Waals surface area contributed by atoms with E-state index in [0.29, 0.717) is 5.76 Å². The normalized spacial score (nSPS) is 14.1. The summed E-state index contributed by atoms with van der Waals surface area (Å²) in [6, 6.07) is 0. The molecule has 118 valence electrons. The van der Waals surface area contributed by atoms with Crippen molar-refractivity contribution in [1.29, 1.82) is 0 Å². The van der Waals surface area contributed by atoms with Crippen molar-refractivity contribution in [2.24, 2.45) is 0 Å². The molecule has 0 spiro atoms. The molecule has 0 atom stereocenters. The van der Waals surface area contributed by atoms with Crippen LogP contribution in [0.2, 0.25) is 0 Å². The van der Waals surface area contributed by atoms with Crippen molar-refractivity contribution in [3.63, 3.8) is 0 Å². The first-order valence-electron chi connectivity index (χ1n) is 8.24. The monoisotopic (exact) mass is 292 g/mol. The number of carbonyl (C=O) groups is 1. The molecule has 0 saturated carbocycles. The van der Waals surface area contributed by atoms with E-state index < -0.39 is 5.97 Å². The van der Waals surface area contributed by atoms with Crippen LogP contribution in [-0.2, 0) is 9.53 Å². The highest BCUT2D eigenvalue weighted by Gasteiger charge is 2.29. The zero-order valence-electron chi connectivity index (χ0n) is 13.1. The molecule has 1 aliphatic heterocycles. The molecule has 1 N–H and O–H groups in total. The van der Waals surface area contributed by atoms with Gasteiger partial charge in [-0.3, -0.25) is 0 Å². The average Bonchev–Trinajstić information content (AvgIpc) is 3.24. The molecule has 0 unspecified atom stereocenters. The van der Waals surface area contributed by atoms with Crippen molar-refractivity contribution in [2.45, 2.75) is 71.1 Å². The predicted octanol–water partition coefficient (Wildman–Crippen LogP) is 5.35. The van der Waals surface area contributed by atoms with Crippen molar-refractivity contribution < 1.29 is 14.6 Å². The molecule has 21 heavy (non-hydrogen) atoms. The van der Waals surface area contributed by atoms with Crippen molar-refractivity contribution >= 4 is 5.97 Å². The SMILES string of the molecule is CCCCCCCCCCCC=CC=CC1=C(C(=O)O)O1. The van der Waals surface area contributed by atoms with E-state index in [0.717, 1.165) is 6.42 Å². The summed E-state index contributed by atoms with van der Waals surface area (Å²) in [5.74, 6) is -0.456. The molecule has 0 aromatic heterocycles. The van der Waals surface area contributed by atoms with Crippen LogP contribution in [0.25, 0.3) is 0 Å². The van der Waals surface area contributed by atoms with Gasteiger partial charge in [0.1, 0.15) is 0 Å². The summed E-state index contributed by atoms with van der Waals surface area (Å²) < 4.78 is 4.80. The van der Waals surface area contributed by atoms with Crippen molar-refractivity contribution in [3.8, 4) is 0 Å². The molecule has 1 rings (SSSR count). The quantitative estimate of drug-likeness (QED) is 0.368. The highest BCUT2D eigenvalue weighted by Crippen LogP contribution is 2.26. The molecule has 0 aromatic rings. The molecule has 3 nitrogen and oxygen atoms in total. The first-order chi connectivity index (χ1) is 10.3. The van der Waals surface area contributed by atoms with Crippen LogP contribution in [0.1, 0.15) is 71.1 Å². The standard InChI is InChI=1S/C18H28O3/c1-2-3-4-5-6-7-8-9-10-11-12-13-14-15-16-17(21-16)18(19)20/h12-15H,2-11H2,1H3,(H,19,20). The molecular formula is C18H28O3. The molecular weight excluding hydrogens is 264 g/mol. The van der Waals surface area contributed by atoms with Gasteiger partial charge in [-0.2, -0.15) is 0 Å². The van der Waals surface area contributed by atoms with Crippen LogP contribution < -0.4 is 0 Å². The second-order valence-electron chi connectivity index (χ2n) is 5.50. The molecule has 3 heteroatoms. The fourth-order valence-corrected chi connectivity index (χ4v) is 2.23. The minimum atomic E-state index is -0.992. The maximum absolute atomic E-state index is 10.5. The Balaban J connectivity index is 1.87. The number of allylic oxidation sites excluding steroid dienone is 4. The third-order valence-electron chi connectivity index (χ3n) is 3.56. The van der Waals surface area contributed by atoms with E-state index in [-0.39, 0.29) is 5.76 Å². The van der Waals surface area contributed by atoms with Crippen LogP contribution in [0, 0.1) is 0 Å². The maximum atomic E-state index is 10.5. The Hall–Kier alpha value is -1.51. The predicted molar refractivity (Wildman–Crippen MR) is 85.9 cm³/mol. The number of hydrogen-bond donors (Lipinski definition) is 1. The summed E-state index contributed by atoms with van der Waals surface area (Å²) >= 11 is 0. The number of carboxylic acid groups (broad SMARTS) is 1. The van der Waals surface area contributed by atoms with E-state index >= 15 is 0 Å². The van der Waals surface area contributed by atoms with E-state index in [1.807, 2.05) is 12.2 Å². The van der Waals surface area contributed by atoms with Gasteiger partial charge in [-0.1, -0.05) is 76.5 Å². The highest BCUT2D eigenvalue weighted by molar-refractivity contribution is 5.89. The Morgan fingerprint density at radius 3 is 2.19 bits per heavy atom. The number of hydrogen-bond acceptors (Lipinski definition) is 2. The van der Waals surface area contributed by atoms with Crippen molar-refractivity contribution in [3.05, 3.63) is 35.8 Å². The summed E-state index contributed by atoms with van der Waals surface area (Å²) in [5.41, 5.74) is 0. The van der Waals surface area contributed by atoms with E-state index in [4.69, 9.17) is 9.84 Å². The largest absolute Gasteiger partial charge is 0.475 e. The minimum absolute atomic E-state index is 0.0681. The molecule has 1 heterocycles. The van der Waals surface area contributed by atoms with Crippen molar-refractivity contribution in [2.75, 3.05) is 0 Å². The Kier molecular flexibility index (Phi) is 9.34. The molecule has 0 saturated heterocycles. The van der Waals surface area contributed by atoms with Gasteiger partial charge in [-0.05, 0) is 18.9 Å². The average molecular weight is 292 g/mol. The van der Waals surface area contributed by atoms with Gasteiger partial charge in [0.25, 0.3) is 5.76 Å². The number of carboxylic acids is 1. The summed E-state index contributed by atoms with van der Waals surface area (Å²) in [4.78, 5) is 10.5. The van der Waals surface area contributed by atoms with Crippen LogP contribution in [0.15, 0.2) is 35.8 Å². The molecule has 0 radical (unpaired) electrons. The second-order valence-corrected chi connectivity index (χ2v) is 5.50. The third-order valence-corrected chi connectivity index (χ3v) is 3.56. The lowest BCUT2D eigenvalue weighted by Gasteiger charge is -2.00. The van der Waals surface area contributed by atoms with E-state index in [1.54, 1.807) is 6.08 Å². The number of unbranched alkanes of at least 4 members (excludes halogenated alkanes) is 9. The second kappa shape index (κ2) is 11.2. The third kappa shape index (κ3) is 9.11. The van der Waals surface area contributed by atoms with Crippen LogP contribution in [0.4, 0.5) is 0 Å². The minimum Gasteiger partial charge on any atom is -0.475 e. The van der Waals surface area contributed by atoms with Crippen LogP contribution in [-0.4, -0.2) is 11.1 Å². The molecule has 0 amide bonds. The molecule has 0 aliphatic carbocycles. The fourth-order valence-electron chi connectivity index (χ4n) is 2.23. The van der Waals surface area contributed by atoms with Gasteiger partial charge in [0, 0.05) is 0 Å². The van der Waals surface area contributed by atoms with Gasteiger partial charge < -0.3 is 9.84 Å². The first-order valence-corrected chi connectivity index (χ1v) is 8.24. The van der Waals surface area contributed by atoms with Crippen LogP contribution in [0.3, 0.4) is 0 Å². The smallest absolute Gasteiger partial charge is 0.375 e. The first kappa shape index (κ1) is 17.5. The zero-order valence-corrected chi connectivity index (χ0v) is 13.1. The molecule has 0 aromatic carbocycles. The molecule has 0 bridgehead atoms. The highest BCUT2D eigenvalue weighted by atomic mass is 16.6. The van der Waals surface area contributed by atoms with Gasteiger partial charge in [0.15, 0.2) is 5.76 Å². The summed E-state index contributed by atoms with van der Waals surface area (Å²) in [7, 11) is 0. The lowest BCUT2D eigenvalue weighted by atomic mass is 10.1. The van der Waals surface area contributed by atoms with Gasteiger partial charge in [-0.25, -0.2) is 4.79 Å². The Morgan fingerprint density at radius 1 is 1.00 bits per heavy atom. The van der Waals surface area contributed by atoms with Gasteiger partial charge in [0.2, 0.25) is 0 Å². The van der Waals surface area contributed by atoms with E-state index in [2.05, 4.69) is 13.0 Å². The molecule has 0 fully saturated rings. The topological polar surface area (TPSA) is 49.8 Å². The summed E-state index contributed by atoms with van der Waals surface area (Å²) in [6.45, 7) is 2.25.